The number of hydrogen-bond acceptors (Lipinski definition) is 3. The normalized spacial score (nSPS) is 17.6. The molecule has 1 fully saturated rings. The van der Waals surface area contributed by atoms with Gasteiger partial charge in [0.25, 0.3) is 0 Å². The lowest BCUT2D eigenvalue weighted by Gasteiger charge is -2.17. The molecule has 1 aliphatic rings. The second-order valence-electron chi connectivity index (χ2n) is 5.19. The van der Waals surface area contributed by atoms with E-state index in [1.165, 1.54) is 25.0 Å². The maximum absolute atomic E-state index is 13.4. The molecule has 2 rings (SSSR count). The maximum Gasteiger partial charge on any atom is 0.304 e. The summed E-state index contributed by atoms with van der Waals surface area (Å²) in [6, 6.07) is 3.94. The van der Waals surface area contributed by atoms with Gasteiger partial charge < -0.3 is 5.11 Å². The van der Waals surface area contributed by atoms with Crippen LogP contribution >= 0.6 is 0 Å². The van der Waals surface area contributed by atoms with E-state index in [0.29, 0.717) is 24.3 Å². The van der Waals surface area contributed by atoms with Gasteiger partial charge in [-0.2, -0.15) is 4.39 Å². The standard InChI is InChI=1S/C14H18FNO3/c15-12-9-10(5-7-13(12)16(18)19)6-8-14(17)11-3-1-2-4-11/h5,7,9,11,14,17H,1-4,6,8H2. The number of hydrogen-bond donors (Lipinski definition) is 1. The predicted octanol–water partition coefficient (Wildman–Crippen LogP) is 3.22. The maximum atomic E-state index is 13.4. The van der Waals surface area contributed by atoms with Gasteiger partial charge in [0.1, 0.15) is 0 Å². The van der Waals surface area contributed by atoms with Crippen LogP contribution in [0.5, 0.6) is 0 Å². The van der Waals surface area contributed by atoms with Crippen molar-refractivity contribution in [1.82, 2.24) is 0 Å². The molecule has 1 atom stereocenters. The first kappa shape index (κ1) is 13.9. The van der Waals surface area contributed by atoms with Crippen molar-refractivity contribution in [3.05, 3.63) is 39.7 Å². The number of aryl methyl sites for hydroxylation is 1. The summed E-state index contributed by atoms with van der Waals surface area (Å²) >= 11 is 0. The van der Waals surface area contributed by atoms with Gasteiger partial charge >= 0.3 is 5.69 Å². The van der Waals surface area contributed by atoms with Crippen LogP contribution in [0.4, 0.5) is 10.1 Å². The van der Waals surface area contributed by atoms with Crippen LogP contribution in [0.15, 0.2) is 18.2 Å². The Morgan fingerprint density at radius 3 is 2.68 bits per heavy atom. The zero-order valence-electron chi connectivity index (χ0n) is 10.7. The first-order valence-electron chi connectivity index (χ1n) is 6.69. The molecule has 0 bridgehead atoms. The van der Waals surface area contributed by atoms with Crippen molar-refractivity contribution in [2.24, 2.45) is 5.92 Å². The van der Waals surface area contributed by atoms with Gasteiger partial charge in [0, 0.05) is 6.07 Å². The number of benzene rings is 1. The molecule has 104 valence electrons. The molecular weight excluding hydrogens is 249 g/mol. The molecule has 1 saturated carbocycles. The number of aliphatic hydroxyl groups excluding tert-OH is 1. The first-order valence-corrected chi connectivity index (χ1v) is 6.69. The van der Waals surface area contributed by atoms with Crippen LogP contribution in [0.3, 0.4) is 0 Å². The molecule has 1 N–H and O–H groups in total. The van der Waals surface area contributed by atoms with Crippen molar-refractivity contribution in [1.29, 1.82) is 0 Å². The average Bonchev–Trinajstić information content (AvgIpc) is 2.89. The second-order valence-corrected chi connectivity index (χ2v) is 5.19. The summed E-state index contributed by atoms with van der Waals surface area (Å²) in [5, 5.41) is 20.5. The summed E-state index contributed by atoms with van der Waals surface area (Å²) in [5.74, 6) is -0.444. The SMILES string of the molecule is O=[N+]([O-])c1ccc(CCC(O)C2CCCC2)cc1F. The Hall–Kier alpha value is -1.49. The van der Waals surface area contributed by atoms with Gasteiger partial charge in [0.05, 0.1) is 11.0 Å². The highest BCUT2D eigenvalue weighted by Gasteiger charge is 2.23. The lowest BCUT2D eigenvalue weighted by Crippen LogP contribution is -2.18. The van der Waals surface area contributed by atoms with Crippen LogP contribution < -0.4 is 0 Å². The first-order chi connectivity index (χ1) is 9.08. The molecule has 0 spiro atoms. The molecule has 4 nitrogen and oxygen atoms in total. The molecule has 0 aliphatic heterocycles. The third kappa shape index (κ3) is 3.50. The molecule has 0 amide bonds. The molecule has 0 aromatic heterocycles. The van der Waals surface area contributed by atoms with Gasteiger partial charge in [0.15, 0.2) is 0 Å². The van der Waals surface area contributed by atoms with E-state index in [2.05, 4.69) is 0 Å². The van der Waals surface area contributed by atoms with Crippen molar-refractivity contribution in [3.8, 4) is 0 Å². The average molecular weight is 267 g/mol. The molecule has 0 saturated heterocycles. The topological polar surface area (TPSA) is 63.4 Å². The van der Waals surface area contributed by atoms with E-state index in [4.69, 9.17) is 0 Å². The van der Waals surface area contributed by atoms with E-state index in [9.17, 15) is 19.6 Å². The largest absolute Gasteiger partial charge is 0.393 e. The zero-order chi connectivity index (χ0) is 13.8. The number of halogens is 1. The quantitative estimate of drug-likeness (QED) is 0.658. The number of nitrogens with zero attached hydrogens (tertiary/aromatic N) is 1. The third-order valence-electron chi connectivity index (χ3n) is 3.88. The smallest absolute Gasteiger partial charge is 0.304 e. The molecule has 19 heavy (non-hydrogen) atoms. The predicted molar refractivity (Wildman–Crippen MR) is 69.3 cm³/mol. The fraction of sp³-hybridized carbons (Fsp3) is 0.571. The molecule has 1 aromatic rings. The summed E-state index contributed by atoms with van der Waals surface area (Å²) in [5.41, 5.74) is 0.195. The molecule has 5 heteroatoms. The summed E-state index contributed by atoms with van der Waals surface area (Å²) in [7, 11) is 0. The molecule has 1 aromatic carbocycles. The summed E-state index contributed by atoms with van der Waals surface area (Å²) in [4.78, 5) is 9.77. The summed E-state index contributed by atoms with van der Waals surface area (Å²) in [6.07, 6.45) is 5.27. The minimum Gasteiger partial charge on any atom is -0.393 e. The highest BCUT2D eigenvalue weighted by molar-refractivity contribution is 5.35. The third-order valence-corrected chi connectivity index (χ3v) is 3.88. The van der Waals surface area contributed by atoms with E-state index in [1.807, 2.05) is 0 Å². The van der Waals surface area contributed by atoms with Crippen LogP contribution in [-0.2, 0) is 6.42 Å². The van der Waals surface area contributed by atoms with E-state index >= 15 is 0 Å². The van der Waals surface area contributed by atoms with Gasteiger partial charge in [-0.05, 0) is 43.2 Å². The van der Waals surface area contributed by atoms with Crippen LogP contribution in [0.25, 0.3) is 0 Å². The minimum absolute atomic E-state index is 0.347. The summed E-state index contributed by atoms with van der Waals surface area (Å²) in [6.45, 7) is 0. The fourth-order valence-corrected chi connectivity index (χ4v) is 2.75. The highest BCUT2D eigenvalue weighted by Crippen LogP contribution is 2.29. The molecule has 0 radical (unpaired) electrons. The van der Waals surface area contributed by atoms with E-state index < -0.39 is 16.4 Å². The van der Waals surface area contributed by atoms with E-state index in [-0.39, 0.29) is 6.10 Å². The number of nitro benzene ring substituents is 1. The zero-order valence-corrected chi connectivity index (χ0v) is 10.7. The Labute approximate surface area is 111 Å². The lowest BCUT2D eigenvalue weighted by molar-refractivity contribution is -0.387. The van der Waals surface area contributed by atoms with Crippen LogP contribution in [0.2, 0.25) is 0 Å². The van der Waals surface area contributed by atoms with E-state index in [1.54, 1.807) is 6.07 Å². The molecular formula is C14H18FNO3. The van der Waals surface area contributed by atoms with Gasteiger partial charge in [-0.25, -0.2) is 0 Å². The summed E-state index contributed by atoms with van der Waals surface area (Å²) < 4.78 is 13.4. The molecule has 1 aliphatic carbocycles. The van der Waals surface area contributed by atoms with Gasteiger partial charge in [-0.1, -0.05) is 18.9 Å². The number of nitro groups is 1. The number of aliphatic hydroxyl groups is 1. The van der Waals surface area contributed by atoms with Crippen molar-refractivity contribution < 1.29 is 14.4 Å². The highest BCUT2D eigenvalue weighted by atomic mass is 19.1. The van der Waals surface area contributed by atoms with Gasteiger partial charge in [-0.15, -0.1) is 0 Å². The van der Waals surface area contributed by atoms with Gasteiger partial charge in [0.2, 0.25) is 5.82 Å². The monoisotopic (exact) mass is 267 g/mol. The van der Waals surface area contributed by atoms with Crippen molar-refractivity contribution in [2.75, 3.05) is 0 Å². The van der Waals surface area contributed by atoms with Crippen molar-refractivity contribution in [3.63, 3.8) is 0 Å². The molecule has 1 unspecified atom stereocenters. The fourth-order valence-electron chi connectivity index (χ4n) is 2.75. The lowest BCUT2D eigenvalue weighted by atomic mass is 9.95. The van der Waals surface area contributed by atoms with Crippen LogP contribution in [0.1, 0.15) is 37.7 Å². The Morgan fingerprint density at radius 1 is 1.42 bits per heavy atom. The Balaban J connectivity index is 1.92. The van der Waals surface area contributed by atoms with Gasteiger partial charge in [-0.3, -0.25) is 10.1 Å². The Morgan fingerprint density at radius 2 is 2.11 bits per heavy atom. The van der Waals surface area contributed by atoms with Crippen LogP contribution in [0, 0.1) is 21.8 Å². The van der Waals surface area contributed by atoms with E-state index in [0.717, 1.165) is 12.8 Å². The van der Waals surface area contributed by atoms with Crippen molar-refractivity contribution >= 4 is 5.69 Å². The second kappa shape index (κ2) is 6.10. The van der Waals surface area contributed by atoms with Crippen molar-refractivity contribution in [2.45, 2.75) is 44.6 Å². The Kier molecular flexibility index (Phi) is 4.47. The number of rotatable bonds is 5. The van der Waals surface area contributed by atoms with Crippen LogP contribution in [-0.4, -0.2) is 16.1 Å². The Bertz CT molecular complexity index is 458. The molecule has 0 heterocycles. The minimum atomic E-state index is -0.808.